The topological polar surface area (TPSA) is 72.6 Å². The van der Waals surface area contributed by atoms with E-state index in [4.69, 9.17) is 10.5 Å². The summed E-state index contributed by atoms with van der Waals surface area (Å²) in [5, 5.41) is 0. The van der Waals surface area contributed by atoms with Crippen LogP contribution in [0.25, 0.3) is 0 Å². The first-order valence-corrected chi connectivity index (χ1v) is 6.95. The predicted octanol–water partition coefficient (Wildman–Crippen LogP) is 2.03. The van der Waals surface area contributed by atoms with Crippen molar-refractivity contribution in [1.29, 1.82) is 0 Å². The Labute approximate surface area is 116 Å². The molecule has 6 heteroatoms. The quantitative estimate of drug-likeness (QED) is 0.855. The summed E-state index contributed by atoms with van der Waals surface area (Å²) in [4.78, 5) is 27.2. The van der Waals surface area contributed by atoms with Crippen LogP contribution in [0.3, 0.4) is 0 Å². The maximum Gasteiger partial charge on any atom is 0.417 e. The zero-order valence-corrected chi connectivity index (χ0v) is 12.2. The molecule has 1 aromatic heterocycles. The Morgan fingerprint density at radius 2 is 2.21 bits per heavy atom. The van der Waals surface area contributed by atoms with Gasteiger partial charge < -0.3 is 10.5 Å². The molecule has 0 atom stereocenters. The first-order valence-electron chi connectivity index (χ1n) is 6.14. The van der Waals surface area contributed by atoms with Crippen LogP contribution in [0.2, 0.25) is 0 Å². The molecule has 1 aliphatic rings. The molecular formula is C13H18N2O3S. The van der Waals surface area contributed by atoms with E-state index in [0.29, 0.717) is 6.54 Å². The first kappa shape index (κ1) is 14.0. The lowest BCUT2D eigenvalue weighted by molar-refractivity contribution is -0.130. The number of amides is 2. The molecule has 0 bridgehead atoms. The van der Waals surface area contributed by atoms with Crippen molar-refractivity contribution >= 4 is 23.3 Å². The summed E-state index contributed by atoms with van der Waals surface area (Å²) in [5.74, 6) is -0.219. The third-order valence-corrected chi connectivity index (χ3v) is 3.89. The molecule has 0 radical (unpaired) electrons. The van der Waals surface area contributed by atoms with E-state index in [1.807, 2.05) is 6.07 Å². The third kappa shape index (κ3) is 3.13. The second-order valence-corrected chi connectivity index (χ2v) is 6.72. The Bertz CT molecular complexity index is 516. The summed E-state index contributed by atoms with van der Waals surface area (Å²) in [6.45, 7) is 6.08. The molecule has 2 rings (SSSR count). The highest BCUT2D eigenvalue weighted by molar-refractivity contribution is 7.12. The number of carbonyl (C=O) groups is 2. The number of hydrogen-bond acceptors (Lipinski definition) is 5. The van der Waals surface area contributed by atoms with E-state index in [0.717, 1.165) is 15.3 Å². The van der Waals surface area contributed by atoms with Crippen LogP contribution in [0.1, 0.15) is 36.1 Å². The summed E-state index contributed by atoms with van der Waals surface area (Å²) in [6, 6.07) is 1.95. The summed E-state index contributed by atoms with van der Waals surface area (Å²) in [7, 11) is 0. The van der Waals surface area contributed by atoms with E-state index in [1.54, 1.807) is 32.1 Å². The van der Waals surface area contributed by atoms with Crippen molar-refractivity contribution in [3.63, 3.8) is 0 Å². The van der Waals surface area contributed by atoms with Crippen LogP contribution in [0, 0.1) is 0 Å². The number of hydrogen-bond donors (Lipinski definition) is 1. The van der Waals surface area contributed by atoms with E-state index < -0.39 is 11.7 Å². The summed E-state index contributed by atoms with van der Waals surface area (Å²) < 4.78 is 5.24. The minimum absolute atomic E-state index is 0.219. The lowest BCUT2D eigenvalue weighted by atomic mass is 10.1. The lowest BCUT2D eigenvalue weighted by Gasteiger charge is -2.28. The first-order chi connectivity index (χ1) is 8.80. The fourth-order valence-corrected chi connectivity index (χ4v) is 2.94. The van der Waals surface area contributed by atoms with E-state index in [2.05, 4.69) is 0 Å². The second-order valence-electron chi connectivity index (χ2n) is 5.50. The second kappa shape index (κ2) is 4.94. The molecule has 0 aromatic carbocycles. The van der Waals surface area contributed by atoms with Gasteiger partial charge in [0.05, 0.1) is 13.0 Å². The maximum atomic E-state index is 12.0. The van der Waals surface area contributed by atoms with Crippen LogP contribution in [-0.2, 0) is 29.0 Å². The van der Waals surface area contributed by atoms with E-state index >= 15 is 0 Å². The Morgan fingerprint density at radius 1 is 1.53 bits per heavy atom. The maximum absolute atomic E-state index is 12.0. The average molecular weight is 282 g/mol. The molecule has 0 saturated carbocycles. The fraction of sp³-hybridized carbons (Fsp3) is 0.538. The lowest BCUT2D eigenvalue weighted by Crippen LogP contribution is -2.43. The van der Waals surface area contributed by atoms with E-state index in [9.17, 15) is 9.59 Å². The molecule has 0 spiro atoms. The highest BCUT2D eigenvalue weighted by Gasteiger charge is 2.32. The molecule has 5 nitrogen and oxygen atoms in total. The van der Waals surface area contributed by atoms with Crippen LogP contribution in [0.4, 0.5) is 4.79 Å². The highest BCUT2D eigenvalue weighted by atomic mass is 32.1. The molecule has 19 heavy (non-hydrogen) atoms. The molecule has 1 aromatic rings. The molecule has 2 amide bonds. The highest BCUT2D eigenvalue weighted by Crippen LogP contribution is 2.29. The zero-order chi connectivity index (χ0) is 14.2. The molecule has 0 aliphatic carbocycles. The Balaban J connectivity index is 2.17. The van der Waals surface area contributed by atoms with Gasteiger partial charge in [-0.3, -0.25) is 4.79 Å². The van der Waals surface area contributed by atoms with Crippen LogP contribution in [-0.4, -0.2) is 22.5 Å². The van der Waals surface area contributed by atoms with Crippen molar-refractivity contribution in [2.24, 2.45) is 5.73 Å². The van der Waals surface area contributed by atoms with Crippen LogP contribution >= 0.6 is 11.3 Å². The van der Waals surface area contributed by atoms with Crippen LogP contribution < -0.4 is 5.73 Å². The predicted molar refractivity (Wildman–Crippen MR) is 72.7 cm³/mol. The van der Waals surface area contributed by atoms with Crippen molar-refractivity contribution in [3.05, 3.63) is 21.4 Å². The monoisotopic (exact) mass is 282 g/mol. The molecular weight excluding hydrogens is 264 g/mol. The van der Waals surface area contributed by atoms with Gasteiger partial charge in [-0.25, -0.2) is 9.69 Å². The number of nitrogens with two attached hydrogens (primary N) is 1. The number of imide groups is 1. The van der Waals surface area contributed by atoms with Crippen molar-refractivity contribution in [3.8, 4) is 0 Å². The van der Waals surface area contributed by atoms with Gasteiger partial charge in [0.2, 0.25) is 5.91 Å². The SMILES string of the molecule is CC(C)(C)OC(=O)N1Cc2sc(CN)cc2CC1=O. The molecule has 0 saturated heterocycles. The van der Waals surface area contributed by atoms with Crippen LogP contribution in [0.15, 0.2) is 6.07 Å². The van der Waals surface area contributed by atoms with Crippen molar-refractivity contribution in [1.82, 2.24) is 4.90 Å². The van der Waals surface area contributed by atoms with E-state index in [-0.39, 0.29) is 18.9 Å². The molecule has 104 valence electrons. The smallest absolute Gasteiger partial charge is 0.417 e. The van der Waals surface area contributed by atoms with Gasteiger partial charge in [0.15, 0.2) is 0 Å². The largest absolute Gasteiger partial charge is 0.443 e. The van der Waals surface area contributed by atoms with Gasteiger partial charge in [0.25, 0.3) is 0 Å². The Hall–Kier alpha value is -1.40. The number of carbonyl (C=O) groups excluding carboxylic acids is 2. The van der Waals surface area contributed by atoms with Crippen molar-refractivity contribution < 1.29 is 14.3 Å². The van der Waals surface area contributed by atoms with E-state index in [1.165, 1.54) is 4.90 Å². The molecule has 0 unspecified atom stereocenters. The molecule has 2 N–H and O–H groups in total. The number of thiophene rings is 1. The van der Waals surface area contributed by atoms with Gasteiger partial charge >= 0.3 is 6.09 Å². The average Bonchev–Trinajstić information content (AvgIpc) is 2.67. The number of ether oxygens (including phenoxy) is 1. The number of fused-ring (bicyclic) bond motifs is 1. The van der Waals surface area contributed by atoms with Crippen molar-refractivity contribution in [2.45, 2.75) is 45.9 Å². The third-order valence-electron chi connectivity index (χ3n) is 2.71. The van der Waals surface area contributed by atoms with Crippen molar-refractivity contribution in [2.75, 3.05) is 0 Å². The fourth-order valence-electron chi connectivity index (χ4n) is 1.89. The van der Waals surface area contributed by atoms with Gasteiger partial charge in [-0.2, -0.15) is 0 Å². The number of nitrogens with zero attached hydrogens (tertiary/aromatic N) is 1. The summed E-state index contributed by atoms with van der Waals surface area (Å²) in [5.41, 5.74) is 5.97. The Kier molecular flexibility index (Phi) is 3.64. The normalized spacial score (nSPS) is 15.4. The molecule has 2 heterocycles. The minimum Gasteiger partial charge on any atom is -0.443 e. The van der Waals surface area contributed by atoms with Crippen LogP contribution in [0.5, 0.6) is 0 Å². The number of rotatable bonds is 1. The van der Waals surface area contributed by atoms with Gasteiger partial charge in [-0.15, -0.1) is 11.3 Å². The molecule has 0 fully saturated rings. The summed E-state index contributed by atoms with van der Waals surface area (Å²) >= 11 is 1.55. The van der Waals surface area contributed by atoms with Gasteiger partial charge in [-0.05, 0) is 32.4 Å². The minimum atomic E-state index is -0.602. The van der Waals surface area contributed by atoms with Gasteiger partial charge in [0.1, 0.15) is 5.60 Å². The zero-order valence-electron chi connectivity index (χ0n) is 11.4. The van der Waals surface area contributed by atoms with Gasteiger partial charge in [-0.1, -0.05) is 0 Å². The van der Waals surface area contributed by atoms with Gasteiger partial charge in [0, 0.05) is 16.3 Å². The Morgan fingerprint density at radius 3 is 2.79 bits per heavy atom. The summed E-state index contributed by atoms with van der Waals surface area (Å²) in [6.07, 6.45) is -0.337. The molecule has 1 aliphatic heterocycles. The standard InChI is InChI=1S/C13H18N2O3S/c1-13(2,3)18-12(17)15-7-10-8(5-11(15)16)4-9(6-14)19-10/h4H,5-7,14H2,1-3H3.